The van der Waals surface area contributed by atoms with Crippen molar-refractivity contribution in [2.45, 2.75) is 10.1 Å². The highest BCUT2D eigenvalue weighted by Crippen LogP contribution is 2.38. The predicted octanol–water partition coefficient (Wildman–Crippen LogP) is 8.61. The fourth-order valence-electron chi connectivity index (χ4n) is 5.69. The molecule has 0 aliphatic carbocycles. The number of furan rings is 1. The Balaban J connectivity index is 1.09. The van der Waals surface area contributed by atoms with Gasteiger partial charge in [0.1, 0.15) is 41.4 Å². The summed E-state index contributed by atoms with van der Waals surface area (Å²) in [5.74, 6) is 1.52. The first-order valence-electron chi connectivity index (χ1n) is 17.1. The number of benzene rings is 5. The predicted molar refractivity (Wildman–Crippen MR) is 209 cm³/mol. The first kappa shape index (κ1) is 35.7. The standard InChI is InChI=1S/C43H35N3O7S/c1-50-36-15-9-8-14-34(36)37-23-19-32(53-37)27-35(46-41(47)29-12-6-3-7-13-29)42(48)44-30-16-20-33(21-17-30)54-40(28-10-4-2-5-11-28)43(49)45-31-18-22-38-39(26-31)52-25-24-51-38/h2-23,26-27,40H,24-25H2,1H3,(H,44,48)(H,45,49)(H,46,47)/b35-27+/t40-/m0/s1. The van der Waals surface area contributed by atoms with Crippen molar-refractivity contribution in [3.05, 3.63) is 162 Å². The van der Waals surface area contributed by atoms with E-state index < -0.39 is 17.1 Å². The third-order valence-corrected chi connectivity index (χ3v) is 9.60. The van der Waals surface area contributed by atoms with E-state index in [1.807, 2.05) is 66.7 Å². The second kappa shape index (κ2) is 16.7. The van der Waals surface area contributed by atoms with Gasteiger partial charge in [-0.25, -0.2) is 0 Å². The number of hydrogen-bond acceptors (Lipinski definition) is 8. The van der Waals surface area contributed by atoms with Crippen LogP contribution >= 0.6 is 11.8 Å². The van der Waals surface area contributed by atoms with Gasteiger partial charge in [-0.2, -0.15) is 0 Å². The average Bonchev–Trinajstić information content (AvgIpc) is 3.69. The van der Waals surface area contributed by atoms with Gasteiger partial charge in [0.25, 0.3) is 11.8 Å². The van der Waals surface area contributed by atoms with Crippen molar-refractivity contribution in [3.8, 4) is 28.6 Å². The Hall–Kier alpha value is -6.72. The van der Waals surface area contributed by atoms with E-state index in [2.05, 4.69) is 16.0 Å². The molecule has 0 saturated heterocycles. The fraction of sp³-hybridized carbons (Fsp3) is 0.0930. The molecule has 7 rings (SSSR count). The highest BCUT2D eigenvalue weighted by atomic mass is 32.2. The molecule has 5 aromatic carbocycles. The molecular weight excluding hydrogens is 703 g/mol. The molecule has 10 nitrogen and oxygen atoms in total. The van der Waals surface area contributed by atoms with Gasteiger partial charge in [-0.05, 0) is 78.4 Å². The molecule has 3 N–H and O–H groups in total. The van der Waals surface area contributed by atoms with Crippen LogP contribution in [0.15, 0.2) is 155 Å². The Morgan fingerprint density at radius 2 is 1.41 bits per heavy atom. The summed E-state index contributed by atoms with van der Waals surface area (Å²) in [6.07, 6.45) is 1.48. The lowest BCUT2D eigenvalue weighted by Crippen LogP contribution is -2.30. The molecule has 3 amide bonds. The van der Waals surface area contributed by atoms with Crippen molar-refractivity contribution in [2.75, 3.05) is 31.0 Å². The summed E-state index contributed by atoms with van der Waals surface area (Å²) < 4.78 is 22.8. The van der Waals surface area contributed by atoms with E-state index in [0.717, 1.165) is 16.0 Å². The lowest BCUT2D eigenvalue weighted by Gasteiger charge is -2.20. The van der Waals surface area contributed by atoms with Crippen molar-refractivity contribution < 1.29 is 33.0 Å². The van der Waals surface area contributed by atoms with Crippen LogP contribution in [-0.4, -0.2) is 38.0 Å². The topological polar surface area (TPSA) is 128 Å². The van der Waals surface area contributed by atoms with E-state index in [1.54, 1.807) is 79.9 Å². The molecule has 1 aliphatic rings. The number of fused-ring (bicyclic) bond motifs is 1. The van der Waals surface area contributed by atoms with Gasteiger partial charge in [-0.3, -0.25) is 14.4 Å². The Labute approximate surface area is 316 Å². The van der Waals surface area contributed by atoms with Crippen LogP contribution in [0.3, 0.4) is 0 Å². The van der Waals surface area contributed by atoms with Crippen molar-refractivity contribution in [3.63, 3.8) is 0 Å². The SMILES string of the molecule is COc1ccccc1-c1ccc(/C=C(/NC(=O)c2ccccc2)C(=O)Nc2ccc(S[C@H](C(=O)Nc3ccc4c(c3)OCCO4)c3ccccc3)cc2)o1. The van der Waals surface area contributed by atoms with Gasteiger partial charge >= 0.3 is 0 Å². The minimum absolute atomic E-state index is 0.0248. The normalized spacial score (nSPS) is 12.6. The van der Waals surface area contributed by atoms with Crippen LogP contribution in [-0.2, 0) is 9.59 Å². The molecule has 270 valence electrons. The molecule has 1 aliphatic heterocycles. The van der Waals surface area contributed by atoms with Crippen LogP contribution in [0.4, 0.5) is 11.4 Å². The molecule has 54 heavy (non-hydrogen) atoms. The Morgan fingerprint density at radius 3 is 2.17 bits per heavy atom. The number of amides is 3. The largest absolute Gasteiger partial charge is 0.496 e. The summed E-state index contributed by atoms with van der Waals surface area (Å²) in [5.41, 5.74) is 3.01. The lowest BCUT2D eigenvalue weighted by atomic mass is 10.1. The number of ether oxygens (including phenoxy) is 3. The molecule has 0 fully saturated rings. The molecule has 11 heteroatoms. The molecular formula is C43H35N3O7S. The molecule has 0 spiro atoms. The molecule has 1 atom stereocenters. The fourth-order valence-corrected chi connectivity index (χ4v) is 6.71. The second-order valence-electron chi connectivity index (χ2n) is 12.0. The molecule has 2 heterocycles. The van der Waals surface area contributed by atoms with E-state index in [4.69, 9.17) is 18.6 Å². The lowest BCUT2D eigenvalue weighted by molar-refractivity contribution is -0.116. The summed E-state index contributed by atoms with van der Waals surface area (Å²) in [6.45, 7) is 0.923. The van der Waals surface area contributed by atoms with Gasteiger partial charge < -0.3 is 34.6 Å². The maximum absolute atomic E-state index is 13.7. The summed E-state index contributed by atoms with van der Waals surface area (Å²) in [4.78, 5) is 41.4. The smallest absolute Gasteiger partial charge is 0.272 e. The van der Waals surface area contributed by atoms with E-state index in [1.165, 1.54) is 17.8 Å². The number of thioether (sulfide) groups is 1. The minimum atomic E-state index is -0.586. The summed E-state index contributed by atoms with van der Waals surface area (Å²) in [5, 5.41) is 8.05. The van der Waals surface area contributed by atoms with Crippen molar-refractivity contribution in [1.29, 1.82) is 0 Å². The Bertz CT molecular complexity index is 2290. The van der Waals surface area contributed by atoms with E-state index >= 15 is 0 Å². The van der Waals surface area contributed by atoms with Crippen molar-refractivity contribution >= 4 is 46.9 Å². The van der Waals surface area contributed by atoms with Crippen LogP contribution in [0.5, 0.6) is 17.2 Å². The minimum Gasteiger partial charge on any atom is -0.496 e. The highest BCUT2D eigenvalue weighted by molar-refractivity contribution is 8.00. The number of carbonyl (C=O) groups excluding carboxylic acids is 3. The van der Waals surface area contributed by atoms with E-state index in [0.29, 0.717) is 58.9 Å². The Morgan fingerprint density at radius 1 is 0.722 bits per heavy atom. The zero-order valence-corrected chi connectivity index (χ0v) is 29.9. The number of hydrogen-bond donors (Lipinski definition) is 3. The van der Waals surface area contributed by atoms with Crippen LogP contribution in [0.2, 0.25) is 0 Å². The van der Waals surface area contributed by atoms with Crippen molar-refractivity contribution in [2.24, 2.45) is 0 Å². The monoisotopic (exact) mass is 737 g/mol. The van der Waals surface area contributed by atoms with Gasteiger partial charge in [0.2, 0.25) is 5.91 Å². The zero-order valence-electron chi connectivity index (χ0n) is 29.1. The first-order chi connectivity index (χ1) is 26.4. The number of nitrogens with one attached hydrogen (secondary N) is 3. The molecule has 1 aromatic heterocycles. The molecule has 0 saturated carbocycles. The first-order valence-corrected chi connectivity index (χ1v) is 18.0. The summed E-state index contributed by atoms with van der Waals surface area (Å²) >= 11 is 1.37. The summed E-state index contributed by atoms with van der Waals surface area (Å²) in [7, 11) is 1.58. The van der Waals surface area contributed by atoms with Gasteiger partial charge in [-0.15, -0.1) is 11.8 Å². The van der Waals surface area contributed by atoms with Crippen LogP contribution < -0.4 is 30.2 Å². The number of methoxy groups -OCH3 is 1. The number of rotatable bonds is 12. The Kier molecular flexibility index (Phi) is 11.1. The van der Waals surface area contributed by atoms with E-state index in [9.17, 15) is 14.4 Å². The van der Waals surface area contributed by atoms with Crippen LogP contribution in [0, 0.1) is 0 Å². The zero-order chi connectivity index (χ0) is 37.3. The van der Waals surface area contributed by atoms with Crippen molar-refractivity contribution in [1.82, 2.24) is 5.32 Å². The second-order valence-corrected chi connectivity index (χ2v) is 13.2. The van der Waals surface area contributed by atoms with Gasteiger partial charge in [0.15, 0.2) is 11.5 Å². The number of carbonyl (C=O) groups is 3. The van der Waals surface area contributed by atoms with Gasteiger partial charge in [0, 0.05) is 34.0 Å². The van der Waals surface area contributed by atoms with Gasteiger partial charge in [-0.1, -0.05) is 60.7 Å². The maximum Gasteiger partial charge on any atom is 0.272 e. The molecule has 0 radical (unpaired) electrons. The van der Waals surface area contributed by atoms with Gasteiger partial charge in [0.05, 0.1) is 12.7 Å². The summed E-state index contributed by atoms with van der Waals surface area (Å²) in [6, 6.07) is 41.5. The number of para-hydroxylation sites is 1. The third kappa shape index (κ3) is 8.66. The molecule has 0 unspecified atom stereocenters. The third-order valence-electron chi connectivity index (χ3n) is 8.33. The number of anilines is 2. The van der Waals surface area contributed by atoms with Crippen LogP contribution in [0.1, 0.15) is 26.9 Å². The quantitative estimate of drug-likeness (QED) is 0.0842. The molecule has 6 aromatic rings. The molecule has 0 bridgehead atoms. The maximum atomic E-state index is 13.7. The van der Waals surface area contributed by atoms with Crippen LogP contribution in [0.25, 0.3) is 17.4 Å². The average molecular weight is 738 g/mol. The highest BCUT2D eigenvalue weighted by Gasteiger charge is 2.24. The van der Waals surface area contributed by atoms with E-state index in [-0.39, 0.29) is 11.6 Å².